The molecule has 0 unspecified atom stereocenters. The van der Waals surface area contributed by atoms with Crippen molar-refractivity contribution in [2.24, 2.45) is 0 Å². The van der Waals surface area contributed by atoms with Gasteiger partial charge in [-0.25, -0.2) is 4.79 Å². The number of ether oxygens (including phenoxy) is 2. The molecule has 6 nitrogen and oxygen atoms in total. The first-order chi connectivity index (χ1) is 16.5. The number of phenols is 1. The number of anilines is 1. The van der Waals surface area contributed by atoms with Crippen LogP contribution in [0, 0.1) is 0 Å². The zero-order chi connectivity index (χ0) is 24.1. The minimum absolute atomic E-state index is 0.0145. The fourth-order valence-electron chi connectivity index (χ4n) is 3.92. The lowest BCUT2D eigenvalue weighted by Gasteiger charge is -2.25. The molecule has 0 saturated carbocycles. The van der Waals surface area contributed by atoms with Crippen molar-refractivity contribution in [3.8, 4) is 17.2 Å². The number of carbonyl (C=O) groups excluding carboxylic acids is 2. The lowest BCUT2D eigenvalue weighted by Crippen LogP contribution is -2.31. The Labute approximate surface area is 203 Å². The molecule has 0 aromatic heterocycles. The zero-order valence-electron chi connectivity index (χ0n) is 19.1. The van der Waals surface area contributed by atoms with Crippen LogP contribution in [-0.4, -0.2) is 29.3 Å². The monoisotopic (exact) mass is 477 g/mol. The first-order valence-electron chi connectivity index (χ1n) is 11.2. The highest BCUT2D eigenvalue weighted by Crippen LogP contribution is 2.48. The topological polar surface area (TPSA) is 76.1 Å². The van der Waals surface area contributed by atoms with Gasteiger partial charge in [0.1, 0.15) is 28.2 Å². The third-order valence-electron chi connectivity index (χ3n) is 5.65. The summed E-state index contributed by atoms with van der Waals surface area (Å²) in [4.78, 5) is 27.4. The van der Waals surface area contributed by atoms with Crippen LogP contribution >= 0.6 is 11.8 Å². The second kappa shape index (κ2) is 10.7. The van der Waals surface area contributed by atoms with Crippen LogP contribution in [0.25, 0.3) is 0 Å². The van der Waals surface area contributed by atoms with Gasteiger partial charge in [0, 0.05) is 5.69 Å². The molecule has 1 saturated heterocycles. The van der Waals surface area contributed by atoms with Crippen LogP contribution < -0.4 is 9.64 Å². The van der Waals surface area contributed by atoms with Gasteiger partial charge in [-0.15, -0.1) is 11.8 Å². The summed E-state index contributed by atoms with van der Waals surface area (Å²) in [6.45, 7) is 2.10. The number of rotatable bonds is 8. The molecule has 176 valence electrons. The molecule has 4 rings (SSSR count). The second-order valence-corrected chi connectivity index (χ2v) is 9.30. The number of hydrogen-bond donors (Lipinski definition) is 1. The Kier molecular flexibility index (Phi) is 7.43. The Morgan fingerprint density at radius 1 is 1.03 bits per heavy atom. The van der Waals surface area contributed by atoms with E-state index in [0.717, 1.165) is 30.6 Å². The van der Waals surface area contributed by atoms with Crippen molar-refractivity contribution in [3.05, 3.63) is 83.9 Å². The first-order valence-corrected chi connectivity index (χ1v) is 12.2. The van der Waals surface area contributed by atoms with E-state index in [4.69, 9.17) is 9.47 Å². The lowest BCUT2D eigenvalue weighted by atomic mass is 10.1. The van der Waals surface area contributed by atoms with Crippen molar-refractivity contribution in [1.29, 1.82) is 0 Å². The van der Waals surface area contributed by atoms with Gasteiger partial charge in [0.05, 0.1) is 12.4 Å². The molecule has 0 bridgehead atoms. The van der Waals surface area contributed by atoms with Gasteiger partial charge in [-0.1, -0.05) is 50.1 Å². The molecular formula is C27H27NO5S. The predicted molar refractivity (Wildman–Crippen MR) is 134 cm³/mol. The van der Waals surface area contributed by atoms with Crippen molar-refractivity contribution in [2.75, 3.05) is 12.0 Å². The number of aromatic hydroxyl groups is 1. The largest absolute Gasteiger partial charge is 0.507 e. The maximum absolute atomic E-state index is 13.5. The van der Waals surface area contributed by atoms with Crippen LogP contribution in [0.2, 0.25) is 0 Å². The van der Waals surface area contributed by atoms with Gasteiger partial charge in [0.2, 0.25) is 5.91 Å². The summed E-state index contributed by atoms with van der Waals surface area (Å²) in [7, 11) is 1.26. The van der Waals surface area contributed by atoms with Crippen LogP contribution in [-0.2, 0) is 9.53 Å². The van der Waals surface area contributed by atoms with E-state index >= 15 is 0 Å². The molecule has 1 heterocycles. The van der Waals surface area contributed by atoms with Gasteiger partial charge < -0.3 is 14.6 Å². The summed E-state index contributed by atoms with van der Waals surface area (Å²) in [6, 6.07) is 21.8. The molecule has 1 aliphatic heterocycles. The number of benzene rings is 3. The van der Waals surface area contributed by atoms with Gasteiger partial charge in [-0.05, 0) is 54.4 Å². The number of methoxy groups -OCH3 is 1. The normalized spacial score (nSPS) is 17.6. The third-order valence-corrected chi connectivity index (χ3v) is 7.15. The number of thioether (sulfide) groups is 1. The van der Waals surface area contributed by atoms with E-state index in [2.05, 4.69) is 6.92 Å². The summed E-state index contributed by atoms with van der Waals surface area (Å²) in [5.74, 6) is 0.547. The van der Waals surface area contributed by atoms with Gasteiger partial charge in [0.25, 0.3) is 0 Å². The SMILES string of the molecule is CCCC[C@H]1S[C@H](c2cccc(Oc3ccccc3)c2)N(c2ccc(O)c(C(=O)OC)c2)C1=O. The number of esters is 1. The third kappa shape index (κ3) is 5.04. The summed E-state index contributed by atoms with van der Waals surface area (Å²) in [5, 5.41) is 9.65. The summed E-state index contributed by atoms with van der Waals surface area (Å²) in [6.07, 6.45) is 2.72. The molecule has 1 aliphatic rings. The molecular weight excluding hydrogens is 450 g/mol. The lowest BCUT2D eigenvalue weighted by molar-refractivity contribution is -0.117. The van der Waals surface area contributed by atoms with Crippen molar-refractivity contribution in [1.82, 2.24) is 0 Å². The Balaban J connectivity index is 1.70. The molecule has 2 atom stereocenters. The quantitative estimate of drug-likeness (QED) is 0.383. The highest BCUT2D eigenvalue weighted by atomic mass is 32.2. The average Bonchev–Trinajstić information content (AvgIpc) is 3.19. The standard InChI is InChI=1S/C27H27NO5S/c1-3-4-13-24-25(30)28(19-14-15-23(29)22(17-19)27(31)32-2)26(34-24)18-9-8-12-21(16-18)33-20-10-6-5-7-11-20/h5-12,14-17,24,26,29H,3-4,13H2,1-2H3/t24-,26-/m1/s1. The molecule has 34 heavy (non-hydrogen) atoms. The molecule has 0 spiro atoms. The van der Waals surface area contributed by atoms with E-state index in [0.29, 0.717) is 11.4 Å². The zero-order valence-corrected chi connectivity index (χ0v) is 20.0. The number of hydrogen-bond acceptors (Lipinski definition) is 6. The van der Waals surface area contributed by atoms with E-state index in [9.17, 15) is 14.7 Å². The summed E-state index contributed by atoms with van der Waals surface area (Å²) < 4.78 is 10.8. The molecule has 1 fully saturated rings. The summed E-state index contributed by atoms with van der Waals surface area (Å²) in [5.41, 5.74) is 1.47. The predicted octanol–water partition coefficient (Wildman–Crippen LogP) is 6.31. The smallest absolute Gasteiger partial charge is 0.341 e. The number of carbonyl (C=O) groups is 2. The number of unbranched alkanes of at least 4 members (excludes halogenated alkanes) is 1. The van der Waals surface area contributed by atoms with Crippen molar-refractivity contribution >= 4 is 29.3 Å². The second-order valence-electron chi connectivity index (χ2n) is 8.01. The Morgan fingerprint density at radius 2 is 1.79 bits per heavy atom. The molecule has 7 heteroatoms. The maximum atomic E-state index is 13.5. The first kappa shape index (κ1) is 23.7. The Hall–Kier alpha value is -3.45. The number of nitrogens with zero attached hydrogens (tertiary/aromatic N) is 1. The van der Waals surface area contributed by atoms with Crippen molar-refractivity contribution in [2.45, 2.75) is 36.8 Å². The Bertz CT molecular complexity index is 1170. The molecule has 0 aliphatic carbocycles. The van der Waals surface area contributed by atoms with E-state index in [1.54, 1.807) is 22.7 Å². The van der Waals surface area contributed by atoms with Gasteiger partial charge in [0.15, 0.2) is 0 Å². The Morgan fingerprint density at radius 3 is 2.53 bits per heavy atom. The highest BCUT2D eigenvalue weighted by Gasteiger charge is 2.42. The van der Waals surface area contributed by atoms with Crippen LogP contribution in [0.15, 0.2) is 72.8 Å². The van der Waals surface area contributed by atoms with E-state index < -0.39 is 5.97 Å². The van der Waals surface area contributed by atoms with Crippen molar-refractivity contribution in [3.63, 3.8) is 0 Å². The number of phenolic OH excluding ortho intramolecular Hbond substituents is 1. The highest BCUT2D eigenvalue weighted by molar-refractivity contribution is 8.01. The number of amides is 1. The van der Waals surface area contributed by atoms with Crippen LogP contribution in [0.3, 0.4) is 0 Å². The minimum atomic E-state index is -0.656. The molecule has 1 amide bonds. The van der Waals surface area contributed by atoms with E-state index in [1.165, 1.54) is 19.2 Å². The van der Waals surface area contributed by atoms with Crippen LogP contribution in [0.5, 0.6) is 17.2 Å². The molecule has 0 radical (unpaired) electrons. The maximum Gasteiger partial charge on any atom is 0.341 e. The molecule has 3 aromatic rings. The number of para-hydroxylation sites is 1. The average molecular weight is 478 g/mol. The van der Waals surface area contributed by atoms with Crippen LogP contribution in [0.4, 0.5) is 5.69 Å². The van der Waals surface area contributed by atoms with Gasteiger partial charge in [-0.3, -0.25) is 9.69 Å². The molecule has 1 N–H and O–H groups in total. The summed E-state index contributed by atoms with van der Waals surface area (Å²) >= 11 is 1.60. The minimum Gasteiger partial charge on any atom is -0.507 e. The van der Waals surface area contributed by atoms with Gasteiger partial charge >= 0.3 is 5.97 Å². The van der Waals surface area contributed by atoms with E-state index in [-0.39, 0.29) is 27.8 Å². The van der Waals surface area contributed by atoms with Crippen molar-refractivity contribution < 1.29 is 24.2 Å². The van der Waals surface area contributed by atoms with E-state index in [1.807, 2.05) is 54.6 Å². The van der Waals surface area contributed by atoms with Crippen LogP contribution in [0.1, 0.15) is 47.5 Å². The molecule has 3 aromatic carbocycles. The fourth-order valence-corrected chi connectivity index (χ4v) is 5.42. The fraction of sp³-hybridized carbons (Fsp3) is 0.259. The van der Waals surface area contributed by atoms with Gasteiger partial charge in [-0.2, -0.15) is 0 Å².